The van der Waals surface area contributed by atoms with Gasteiger partial charge in [-0.2, -0.15) is 0 Å². The van der Waals surface area contributed by atoms with E-state index in [2.05, 4.69) is 0 Å². The number of Topliss-reactive ketones (excluding diaryl/α,β-unsaturated/α-hetero) is 1. The van der Waals surface area contributed by atoms with E-state index in [-0.39, 0.29) is 18.1 Å². The third-order valence-electron chi connectivity index (χ3n) is 3.03. The van der Waals surface area contributed by atoms with Crippen LogP contribution in [-0.4, -0.2) is 29.0 Å². The average molecular weight is 251 g/mol. The summed E-state index contributed by atoms with van der Waals surface area (Å²) in [4.78, 5) is 21.6. The van der Waals surface area contributed by atoms with E-state index in [1.54, 1.807) is 0 Å². The summed E-state index contributed by atoms with van der Waals surface area (Å²) in [7, 11) is 0. The number of hydrogen-bond acceptors (Lipinski definition) is 5. The van der Waals surface area contributed by atoms with Crippen LogP contribution in [0.15, 0.2) is 24.3 Å². The number of aliphatic hydroxyl groups excluding tert-OH is 1. The van der Waals surface area contributed by atoms with Crippen LogP contribution in [0.1, 0.15) is 18.1 Å². The van der Waals surface area contributed by atoms with Gasteiger partial charge in [-0.05, 0) is 17.7 Å². The lowest BCUT2D eigenvalue weighted by atomic mass is 9.90. The summed E-state index contributed by atoms with van der Waals surface area (Å²) in [6.07, 6.45) is -0.673. The molecule has 1 aliphatic rings. The van der Waals surface area contributed by atoms with Crippen molar-refractivity contribution in [1.82, 2.24) is 0 Å². The van der Waals surface area contributed by atoms with E-state index in [0.29, 0.717) is 18.6 Å². The predicted octanol–water partition coefficient (Wildman–Crippen LogP) is 1.23. The first-order valence-electron chi connectivity index (χ1n) is 5.62. The quantitative estimate of drug-likeness (QED) is 0.644. The largest absolute Gasteiger partial charge is 0.388 e. The van der Waals surface area contributed by atoms with Gasteiger partial charge in [0.2, 0.25) is 0 Å². The molecule has 2 atom stereocenters. The number of carbonyl (C=O) groups excluding carboxylic acids is 1. The van der Waals surface area contributed by atoms with Crippen LogP contribution in [0.5, 0.6) is 0 Å². The Hall–Kier alpha value is -1.79. The van der Waals surface area contributed by atoms with Crippen LogP contribution in [-0.2, 0) is 9.53 Å². The van der Waals surface area contributed by atoms with Gasteiger partial charge in [-0.3, -0.25) is 14.9 Å². The summed E-state index contributed by atoms with van der Waals surface area (Å²) in [6.45, 7) is 0.583. The van der Waals surface area contributed by atoms with Crippen molar-refractivity contribution >= 4 is 11.5 Å². The van der Waals surface area contributed by atoms with Crippen LogP contribution in [0.2, 0.25) is 0 Å². The first-order chi connectivity index (χ1) is 8.59. The molecule has 96 valence electrons. The Bertz CT molecular complexity index is 456. The Kier molecular flexibility index (Phi) is 3.69. The lowest BCUT2D eigenvalue weighted by molar-refractivity contribution is -0.384. The molecule has 1 fully saturated rings. The number of non-ortho nitro benzene ring substituents is 1. The van der Waals surface area contributed by atoms with E-state index in [0.717, 1.165) is 0 Å². The smallest absolute Gasteiger partial charge is 0.269 e. The van der Waals surface area contributed by atoms with Gasteiger partial charge in [-0.15, -0.1) is 0 Å². The number of nitro benzene ring substituents is 1. The van der Waals surface area contributed by atoms with Crippen molar-refractivity contribution in [2.75, 3.05) is 13.2 Å². The summed E-state index contributed by atoms with van der Waals surface area (Å²) in [5, 5.41) is 20.6. The van der Waals surface area contributed by atoms with E-state index in [1.807, 2.05) is 0 Å². The highest BCUT2D eigenvalue weighted by Crippen LogP contribution is 2.27. The second kappa shape index (κ2) is 5.24. The summed E-state index contributed by atoms with van der Waals surface area (Å²) < 4.78 is 5.17. The van der Waals surface area contributed by atoms with Crippen molar-refractivity contribution in [3.63, 3.8) is 0 Å². The first kappa shape index (κ1) is 12.7. The molecule has 1 heterocycles. The maximum Gasteiger partial charge on any atom is 0.269 e. The minimum absolute atomic E-state index is 0.0351. The molecular weight excluding hydrogens is 238 g/mol. The molecule has 0 unspecified atom stereocenters. The highest BCUT2D eigenvalue weighted by atomic mass is 16.6. The average Bonchev–Trinajstić information content (AvgIpc) is 2.38. The van der Waals surface area contributed by atoms with Gasteiger partial charge in [0.1, 0.15) is 5.78 Å². The minimum Gasteiger partial charge on any atom is -0.388 e. The number of nitrogens with zero attached hydrogens (tertiary/aromatic N) is 1. The monoisotopic (exact) mass is 251 g/mol. The zero-order valence-electron chi connectivity index (χ0n) is 9.61. The second-order valence-electron chi connectivity index (χ2n) is 4.19. The lowest BCUT2D eigenvalue weighted by Crippen LogP contribution is -2.32. The Balaban J connectivity index is 2.15. The summed E-state index contributed by atoms with van der Waals surface area (Å²) >= 11 is 0. The maximum absolute atomic E-state index is 11.6. The highest BCUT2D eigenvalue weighted by molar-refractivity contribution is 5.82. The molecular formula is C12H13NO5. The number of rotatable bonds is 3. The van der Waals surface area contributed by atoms with E-state index >= 15 is 0 Å². The predicted molar refractivity (Wildman–Crippen MR) is 62.0 cm³/mol. The van der Waals surface area contributed by atoms with Gasteiger partial charge in [0.25, 0.3) is 5.69 Å². The Morgan fingerprint density at radius 1 is 1.39 bits per heavy atom. The summed E-state index contributed by atoms with van der Waals surface area (Å²) in [5.74, 6) is -0.618. The van der Waals surface area contributed by atoms with Gasteiger partial charge in [-0.25, -0.2) is 0 Å². The SMILES string of the molecule is O=C1CCOC[C@@H]1[C@H](O)c1ccc([N+](=O)[O-])cc1. The van der Waals surface area contributed by atoms with Crippen LogP contribution >= 0.6 is 0 Å². The number of ketones is 1. The lowest BCUT2D eigenvalue weighted by Gasteiger charge is -2.25. The molecule has 1 N–H and O–H groups in total. The molecule has 18 heavy (non-hydrogen) atoms. The van der Waals surface area contributed by atoms with Gasteiger partial charge in [0, 0.05) is 18.6 Å². The Morgan fingerprint density at radius 3 is 2.61 bits per heavy atom. The highest BCUT2D eigenvalue weighted by Gasteiger charge is 2.30. The number of carbonyl (C=O) groups is 1. The van der Waals surface area contributed by atoms with Crippen LogP contribution in [0.3, 0.4) is 0 Å². The van der Waals surface area contributed by atoms with Crippen molar-refractivity contribution in [2.45, 2.75) is 12.5 Å². The van der Waals surface area contributed by atoms with Gasteiger partial charge in [0.15, 0.2) is 0 Å². The third kappa shape index (κ3) is 2.55. The van der Waals surface area contributed by atoms with Crippen LogP contribution in [0.25, 0.3) is 0 Å². The van der Waals surface area contributed by atoms with Crippen molar-refractivity contribution in [2.24, 2.45) is 5.92 Å². The van der Waals surface area contributed by atoms with E-state index < -0.39 is 16.9 Å². The molecule has 0 radical (unpaired) electrons. The number of benzene rings is 1. The van der Waals surface area contributed by atoms with Gasteiger partial charge < -0.3 is 9.84 Å². The van der Waals surface area contributed by atoms with Crippen LogP contribution in [0.4, 0.5) is 5.69 Å². The molecule has 0 aliphatic carbocycles. The second-order valence-corrected chi connectivity index (χ2v) is 4.19. The molecule has 6 nitrogen and oxygen atoms in total. The zero-order chi connectivity index (χ0) is 13.1. The van der Waals surface area contributed by atoms with Crippen molar-refractivity contribution < 1.29 is 19.6 Å². The van der Waals surface area contributed by atoms with Crippen molar-refractivity contribution in [3.05, 3.63) is 39.9 Å². The molecule has 1 saturated heterocycles. The number of aliphatic hydroxyl groups is 1. The molecule has 2 rings (SSSR count). The van der Waals surface area contributed by atoms with E-state index in [1.165, 1.54) is 24.3 Å². The zero-order valence-corrected chi connectivity index (χ0v) is 9.61. The molecule has 0 bridgehead atoms. The summed E-state index contributed by atoms with van der Waals surface area (Å²) in [6, 6.07) is 5.55. The third-order valence-corrected chi connectivity index (χ3v) is 3.03. The van der Waals surface area contributed by atoms with Gasteiger partial charge in [0.05, 0.1) is 30.2 Å². The Morgan fingerprint density at radius 2 is 2.06 bits per heavy atom. The number of ether oxygens (including phenoxy) is 1. The standard InChI is InChI=1S/C12H13NO5/c14-11-5-6-18-7-10(11)12(15)8-1-3-9(4-2-8)13(16)17/h1-4,10,12,15H,5-7H2/t10-,12+/m0/s1. The summed E-state index contributed by atoms with van der Waals surface area (Å²) in [5.41, 5.74) is 0.446. The Labute approximate surface area is 103 Å². The maximum atomic E-state index is 11.6. The molecule has 6 heteroatoms. The molecule has 0 saturated carbocycles. The molecule has 1 aromatic rings. The van der Waals surface area contributed by atoms with Gasteiger partial charge in [-0.1, -0.05) is 0 Å². The molecule has 0 amide bonds. The molecule has 1 aromatic carbocycles. The van der Waals surface area contributed by atoms with Crippen LogP contribution in [0, 0.1) is 16.0 Å². The first-order valence-corrected chi connectivity index (χ1v) is 5.62. The fourth-order valence-corrected chi connectivity index (χ4v) is 1.95. The number of nitro groups is 1. The molecule has 0 aromatic heterocycles. The van der Waals surface area contributed by atoms with Gasteiger partial charge >= 0.3 is 0 Å². The van der Waals surface area contributed by atoms with E-state index in [4.69, 9.17) is 4.74 Å². The fraction of sp³-hybridized carbons (Fsp3) is 0.417. The minimum atomic E-state index is -0.974. The fourth-order valence-electron chi connectivity index (χ4n) is 1.95. The normalized spacial score (nSPS) is 21.6. The topological polar surface area (TPSA) is 89.7 Å². The van der Waals surface area contributed by atoms with Crippen molar-refractivity contribution in [3.8, 4) is 0 Å². The van der Waals surface area contributed by atoms with Crippen molar-refractivity contribution in [1.29, 1.82) is 0 Å². The molecule has 0 spiro atoms. The number of hydrogen-bond donors (Lipinski definition) is 1. The van der Waals surface area contributed by atoms with Crippen LogP contribution < -0.4 is 0 Å². The van der Waals surface area contributed by atoms with E-state index in [9.17, 15) is 20.0 Å². The molecule has 1 aliphatic heterocycles.